The van der Waals surface area contributed by atoms with Gasteiger partial charge in [-0.15, -0.1) is 12.4 Å². The zero-order valence-corrected chi connectivity index (χ0v) is 20.1. The van der Waals surface area contributed by atoms with Crippen LogP contribution in [-0.2, 0) is 17.9 Å². The van der Waals surface area contributed by atoms with Crippen LogP contribution in [0.3, 0.4) is 0 Å². The first-order valence-corrected chi connectivity index (χ1v) is 10.9. The predicted molar refractivity (Wildman–Crippen MR) is 140 cm³/mol. The smallest absolute Gasteiger partial charge is 0.305 e. The van der Waals surface area contributed by atoms with Crippen molar-refractivity contribution in [2.75, 3.05) is 16.8 Å². The average molecular weight is 494 g/mol. The molecule has 0 saturated carbocycles. The molecule has 0 radical (unpaired) electrons. The van der Waals surface area contributed by atoms with Gasteiger partial charge in [0.05, 0.1) is 24.0 Å². The fourth-order valence-corrected chi connectivity index (χ4v) is 3.77. The fourth-order valence-electron chi connectivity index (χ4n) is 3.77. The highest BCUT2D eigenvalue weighted by molar-refractivity contribution is 5.95. The Balaban J connectivity index is 0.00000342. The van der Waals surface area contributed by atoms with Crippen molar-refractivity contribution >= 4 is 46.8 Å². The summed E-state index contributed by atoms with van der Waals surface area (Å²) in [6.45, 7) is 3.45. The number of carbonyl (C=O) groups is 1. The molecule has 2 heterocycles. The van der Waals surface area contributed by atoms with Crippen molar-refractivity contribution in [3.8, 4) is 0 Å². The molecule has 2 aromatic heterocycles. The number of imidazole rings is 1. The van der Waals surface area contributed by atoms with Gasteiger partial charge in [-0.3, -0.25) is 10.2 Å². The van der Waals surface area contributed by atoms with E-state index in [1.54, 1.807) is 18.3 Å². The van der Waals surface area contributed by atoms with Crippen LogP contribution in [0.1, 0.15) is 28.9 Å². The highest BCUT2D eigenvalue weighted by Gasteiger charge is 2.15. The number of nitrogen functional groups attached to an aromatic ring is 1. The number of halogens is 1. The van der Waals surface area contributed by atoms with Crippen LogP contribution in [0, 0.1) is 12.3 Å². The zero-order chi connectivity index (χ0) is 24.1. The summed E-state index contributed by atoms with van der Waals surface area (Å²) >= 11 is 0. The van der Waals surface area contributed by atoms with E-state index in [1.165, 1.54) is 0 Å². The molecule has 9 nitrogen and oxygen atoms in total. The second kappa shape index (κ2) is 11.3. The average Bonchev–Trinajstić information content (AvgIpc) is 3.26. The first kappa shape index (κ1) is 25.5. The molecule has 0 bridgehead atoms. The van der Waals surface area contributed by atoms with Gasteiger partial charge in [-0.2, -0.15) is 0 Å². The molecule has 0 atom stereocenters. The van der Waals surface area contributed by atoms with E-state index in [-0.39, 0.29) is 24.7 Å². The molecule has 0 fully saturated rings. The number of rotatable bonds is 10. The van der Waals surface area contributed by atoms with E-state index in [0.29, 0.717) is 25.2 Å². The van der Waals surface area contributed by atoms with Crippen LogP contribution in [0.5, 0.6) is 0 Å². The summed E-state index contributed by atoms with van der Waals surface area (Å²) in [5.41, 5.74) is 11.0. The number of pyridine rings is 1. The number of carboxylic acid groups (broad SMARTS) is 1. The molecule has 0 aliphatic heterocycles. The lowest BCUT2D eigenvalue weighted by molar-refractivity contribution is -0.136. The maximum atomic E-state index is 11.2. The maximum Gasteiger partial charge on any atom is 0.305 e. The van der Waals surface area contributed by atoms with Crippen molar-refractivity contribution < 1.29 is 9.90 Å². The number of aryl methyl sites for hydroxylation is 1. The topological polar surface area (TPSA) is 144 Å². The molecule has 4 aromatic rings. The summed E-state index contributed by atoms with van der Waals surface area (Å²) in [4.78, 5) is 25.7. The number of aliphatic carboxylic acids is 1. The first-order chi connectivity index (χ1) is 16.4. The van der Waals surface area contributed by atoms with Crippen LogP contribution < -0.4 is 16.0 Å². The minimum Gasteiger partial charge on any atom is -0.481 e. The van der Waals surface area contributed by atoms with Crippen molar-refractivity contribution in [2.45, 2.75) is 26.4 Å². The lowest BCUT2D eigenvalue weighted by atomic mass is 10.1. The molecule has 0 saturated heterocycles. The highest BCUT2D eigenvalue weighted by Crippen LogP contribution is 2.24. The van der Waals surface area contributed by atoms with Crippen molar-refractivity contribution in [1.29, 1.82) is 5.41 Å². The molecule has 0 aliphatic carbocycles. The minimum atomic E-state index is -0.839. The number of fused-ring (bicyclic) bond motifs is 1. The molecule has 6 N–H and O–H groups in total. The van der Waals surface area contributed by atoms with Crippen LogP contribution in [0.2, 0.25) is 0 Å². The van der Waals surface area contributed by atoms with Crippen molar-refractivity contribution in [2.24, 2.45) is 5.73 Å². The Hall–Kier alpha value is -4.11. The minimum absolute atomic E-state index is 0. The summed E-state index contributed by atoms with van der Waals surface area (Å²) < 4.78 is 0. The number of hydrogen-bond donors (Lipinski definition) is 5. The summed E-state index contributed by atoms with van der Waals surface area (Å²) in [7, 11) is 0. The lowest BCUT2D eigenvalue weighted by Crippen LogP contribution is -2.26. The predicted octanol–water partition coefficient (Wildman–Crippen LogP) is 4.07. The molecular weight excluding hydrogens is 466 g/mol. The number of amidine groups is 1. The Morgan fingerprint density at radius 1 is 1.17 bits per heavy atom. The maximum absolute atomic E-state index is 11.2. The second-order valence-corrected chi connectivity index (χ2v) is 8.03. The van der Waals surface area contributed by atoms with Gasteiger partial charge in [-0.05, 0) is 60.5 Å². The van der Waals surface area contributed by atoms with Crippen LogP contribution >= 0.6 is 12.4 Å². The third-order valence-electron chi connectivity index (χ3n) is 5.65. The van der Waals surface area contributed by atoms with E-state index in [4.69, 9.17) is 21.2 Å². The van der Waals surface area contributed by atoms with Gasteiger partial charge in [-0.1, -0.05) is 12.1 Å². The molecule has 0 unspecified atom stereocenters. The summed E-state index contributed by atoms with van der Waals surface area (Å²) in [6.07, 6.45) is 1.74. The summed E-state index contributed by atoms with van der Waals surface area (Å²) in [5, 5.41) is 20.0. The molecule has 0 amide bonds. The van der Waals surface area contributed by atoms with E-state index in [2.05, 4.69) is 15.3 Å². The van der Waals surface area contributed by atoms with Gasteiger partial charge < -0.3 is 26.0 Å². The van der Waals surface area contributed by atoms with E-state index in [0.717, 1.165) is 39.5 Å². The Morgan fingerprint density at radius 2 is 1.94 bits per heavy atom. The number of carboxylic acids is 1. The molecule has 0 spiro atoms. The van der Waals surface area contributed by atoms with Gasteiger partial charge >= 0.3 is 5.97 Å². The molecular formula is C25H28ClN7O2. The van der Waals surface area contributed by atoms with Crippen molar-refractivity contribution in [3.63, 3.8) is 0 Å². The van der Waals surface area contributed by atoms with Gasteiger partial charge in [-0.25, -0.2) is 9.97 Å². The Bertz CT molecular complexity index is 1310. The molecule has 10 heteroatoms. The van der Waals surface area contributed by atoms with E-state index < -0.39 is 5.97 Å². The largest absolute Gasteiger partial charge is 0.481 e. The summed E-state index contributed by atoms with van der Waals surface area (Å²) in [5.74, 6) is 0.748. The number of nitrogens with zero attached hydrogens (tertiary/aromatic N) is 3. The van der Waals surface area contributed by atoms with Gasteiger partial charge in [0.25, 0.3) is 0 Å². The Labute approximate surface area is 209 Å². The monoisotopic (exact) mass is 493 g/mol. The number of nitrogens with one attached hydrogen (secondary N) is 3. The SMILES string of the molecule is Cc1c(CN(CCC(=O)O)c2ccccn2)ccc2[nH]c(CNc3ccc(C(=N)N)cc3)nc12.Cl. The van der Waals surface area contributed by atoms with Crippen LogP contribution in [0.15, 0.2) is 60.8 Å². The van der Waals surface area contributed by atoms with Crippen LogP contribution in [-0.4, -0.2) is 38.4 Å². The quantitative estimate of drug-likeness (QED) is 0.165. The highest BCUT2D eigenvalue weighted by atomic mass is 35.5. The lowest BCUT2D eigenvalue weighted by Gasteiger charge is -2.24. The number of benzene rings is 2. The normalized spacial score (nSPS) is 10.5. The number of anilines is 2. The standard InChI is InChI=1S/C25H27N7O2.ClH/c1-16-18(15-32(13-11-23(33)34)22-4-2-3-12-28-22)7-10-20-24(16)31-21(30-20)14-29-19-8-5-17(6-9-19)25(26)27;/h2-10,12,29H,11,13-15H2,1H3,(H3,26,27)(H,30,31)(H,33,34);1H. The van der Waals surface area contributed by atoms with E-state index in [9.17, 15) is 4.79 Å². The molecule has 35 heavy (non-hydrogen) atoms. The molecule has 4 rings (SSSR count). The van der Waals surface area contributed by atoms with Gasteiger partial charge in [0.15, 0.2) is 0 Å². The second-order valence-electron chi connectivity index (χ2n) is 8.03. The number of aromatic nitrogens is 3. The third-order valence-corrected chi connectivity index (χ3v) is 5.65. The fraction of sp³-hybridized carbons (Fsp3) is 0.200. The van der Waals surface area contributed by atoms with Crippen LogP contribution in [0.25, 0.3) is 11.0 Å². The Kier molecular flexibility index (Phi) is 8.27. The van der Waals surface area contributed by atoms with E-state index >= 15 is 0 Å². The third kappa shape index (κ3) is 6.27. The first-order valence-electron chi connectivity index (χ1n) is 10.9. The molecule has 0 aliphatic rings. The van der Waals surface area contributed by atoms with Crippen molar-refractivity contribution in [3.05, 3.63) is 83.3 Å². The number of nitrogens with two attached hydrogens (primary N) is 1. The van der Waals surface area contributed by atoms with E-state index in [1.807, 2.05) is 54.3 Å². The van der Waals surface area contributed by atoms with Gasteiger partial charge in [0.2, 0.25) is 0 Å². The Morgan fingerprint density at radius 3 is 2.60 bits per heavy atom. The molecule has 182 valence electrons. The number of H-pyrrole nitrogens is 1. The number of aromatic amines is 1. The number of hydrogen-bond acceptors (Lipinski definition) is 6. The van der Waals surface area contributed by atoms with Gasteiger partial charge in [0, 0.05) is 30.5 Å². The molecule has 2 aromatic carbocycles. The zero-order valence-electron chi connectivity index (χ0n) is 19.3. The van der Waals surface area contributed by atoms with Gasteiger partial charge in [0.1, 0.15) is 17.5 Å². The van der Waals surface area contributed by atoms with Crippen LogP contribution in [0.4, 0.5) is 11.5 Å². The van der Waals surface area contributed by atoms with Crippen molar-refractivity contribution in [1.82, 2.24) is 15.0 Å². The summed E-state index contributed by atoms with van der Waals surface area (Å²) in [6, 6.07) is 17.0.